The molecular formula is C21H24FN3O3. The zero-order chi connectivity index (χ0) is 19.5. The summed E-state index contributed by atoms with van der Waals surface area (Å²) in [6.45, 7) is 2.58. The van der Waals surface area contributed by atoms with Gasteiger partial charge in [-0.15, -0.1) is 0 Å². The molecule has 1 aromatic carbocycles. The number of carbonyl (C=O) groups excluding carboxylic acids is 1. The van der Waals surface area contributed by atoms with Crippen LogP contribution in [0.5, 0.6) is 0 Å². The number of nitrogens with zero attached hydrogens (tertiary/aromatic N) is 3. The van der Waals surface area contributed by atoms with Gasteiger partial charge in [-0.05, 0) is 61.9 Å². The van der Waals surface area contributed by atoms with Crippen molar-refractivity contribution in [1.29, 1.82) is 0 Å². The first-order chi connectivity index (χ1) is 13.6. The number of piperidine rings is 1. The van der Waals surface area contributed by atoms with E-state index in [1.807, 2.05) is 4.90 Å². The summed E-state index contributed by atoms with van der Waals surface area (Å²) in [4.78, 5) is 26.6. The van der Waals surface area contributed by atoms with Crippen molar-refractivity contribution in [2.24, 2.45) is 5.92 Å². The Morgan fingerprint density at radius 3 is 2.54 bits per heavy atom. The van der Waals surface area contributed by atoms with Gasteiger partial charge < -0.3 is 9.64 Å². The third-order valence-electron chi connectivity index (χ3n) is 5.57. The quantitative estimate of drug-likeness (QED) is 0.811. The average Bonchev–Trinajstić information content (AvgIpc) is 3.25. The van der Waals surface area contributed by atoms with Crippen LogP contribution in [-0.4, -0.2) is 46.4 Å². The molecular weight excluding hydrogens is 361 g/mol. The van der Waals surface area contributed by atoms with E-state index in [0.29, 0.717) is 37.9 Å². The fourth-order valence-corrected chi connectivity index (χ4v) is 3.91. The van der Waals surface area contributed by atoms with Crippen LogP contribution in [0.4, 0.5) is 4.39 Å². The summed E-state index contributed by atoms with van der Waals surface area (Å²) in [6, 6.07) is 9.24. The number of hydrogen-bond acceptors (Lipinski definition) is 4. The van der Waals surface area contributed by atoms with Crippen molar-refractivity contribution in [1.82, 2.24) is 14.7 Å². The van der Waals surface area contributed by atoms with Crippen LogP contribution >= 0.6 is 0 Å². The molecule has 1 atom stereocenters. The number of aromatic nitrogens is 2. The lowest BCUT2D eigenvalue weighted by atomic mass is 9.96. The van der Waals surface area contributed by atoms with Crippen LogP contribution < -0.4 is 5.56 Å². The molecule has 28 heavy (non-hydrogen) atoms. The van der Waals surface area contributed by atoms with Crippen LogP contribution in [-0.2, 0) is 16.1 Å². The van der Waals surface area contributed by atoms with Crippen LogP contribution in [0.25, 0.3) is 11.3 Å². The van der Waals surface area contributed by atoms with E-state index in [0.717, 1.165) is 31.2 Å². The van der Waals surface area contributed by atoms with E-state index in [-0.39, 0.29) is 23.4 Å². The van der Waals surface area contributed by atoms with Gasteiger partial charge in [0.05, 0.1) is 5.69 Å². The van der Waals surface area contributed by atoms with Crippen molar-refractivity contribution < 1.29 is 13.9 Å². The molecule has 1 aromatic heterocycles. The SMILES string of the molecule is O=C(C1CCCO1)N1CCC(Cn2nc(-c3ccc(F)cc3)ccc2=O)CC1. The number of halogens is 1. The summed E-state index contributed by atoms with van der Waals surface area (Å²) in [7, 11) is 0. The largest absolute Gasteiger partial charge is 0.368 e. The van der Waals surface area contributed by atoms with Gasteiger partial charge in [-0.1, -0.05) is 0 Å². The van der Waals surface area contributed by atoms with E-state index >= 15 is 0 Å². The summed E-state index contributed by atoms with van der Waals surface area (Å²) in [6.07, 6.45) is 3.18. The predicted molar refractivity (Wildman–Crippen MR) is 102 cm³/mol. The third-order valence-corrected chi connectivity index (χ3v) is 5.57. The van der Waals surface area contributed by atoms with Gasteiger partial charge in [0, 0.05) is 37.9 Å². The van der Waals surface area contributed by atoms with Gasteiger partial charge in [0.15, 0.2) is 0 Å². The Hall–Kier alpha value is -2.54. The Bertz CT molecular complexity index is 883. The summed E-state index contributed by atoms with van der Waals surface area (Å²) in [5, 5.41) is 4.46. The number of carbonyl (C=O) groups is 1. The molecule has 0 N–H and O–H groups in total. The number of rotatable bonds is 4. The molecule has 7 heteroatoms. The van der Waals surface area contributed by atoms with Gasteiger partial charge in [0.1, 0.15) is 11.9 Å². The summed E-state index contributed by atoms with van der Waals surface area (Å²) < 4.78 is 20.1. The van der Waals surface area contributed by atoms with E-state index in [9.17, 15) is 14.0 Å². The minimum absolute atomic E-state index is 0.101. The van der Waals surface area contributed by atoms with Crippen molar-refractivity contribution >= 4 is 5.91 Å². The Labute approximate surface area is 162 Å². The summed E-state index contributed by atoms with van der Waals surface area (Å²) >= 11 is 0. The second-order valence-electron chi connectivity index (χ2n) is 7.52. The number of ether oxygens (including phenoxy) is 1. The van der Waals surface area contributed by atoms with Crippen LogP contribution in [0.15, 0.2) is 41.2 Å². The molecule has 2 aliphatic heterocycles. The molecule has 0 radical (unpaired) electrons. The van der Waals surface area contributed by atoms with Gasteiger partial charge in [0.25, 0.3) is 11.5 Å². The van der Waals surface area contributed by atoms with Crippen LogP contribution in [0.3, 0.4) is 0 Å². The molecule has 2 aliphatic rings. The lowest BCUT2D eigenvalue weighted by Gasteiger charge is -2.33. The lowest BCUT2D eigenvalue weighted by molar-refractivity contribution is -0.142. The Morgan fingerprint density at radius 1 is 1.11 bits per heavy atom. The molecule has 2 saturated heterocycles. The van der Waals surface area contributed by atoms with E-state index in [4.69, 9.17) is 4.74 Å². The maximum absolute atomic E-state index is 13.1. The third kappa shape index (κ3) is 4.14. The van der Waals surface area contributed by atoms with E-state index in [2.05, 4.69) is 5.10 Å². The van der Waals surface area contributed by atoms with Gasteiger partial charge >= 0.3 is 0 Å². The molecule has 0 spiro atoms. The highest BCUT2D eigenvalue weighted by atomic mass is 19.1. The van der Waals surface area contributed by atoms with Gasteiger partial charge in [-0.3, -0.25) is 9.59 Å². The van der Waals surface area contributed by atoms with Crippen LogP contribution in [0, 0.1) is 11.7 Å². The molecule has 6 nitrogen and oxygen atoms in total. The van der Waals surface area contributed by atoms with Gasteiger partial charge in [0.2, 0.25) is 0 Å². The maximum Gasteiger partial charge on any atom is 0.266 e. The molecule has 3 heterocycles. The second-order valence-corrected chi connectivity index (χ2v) is 7.52. The standard InChI is InChI=1S/C21H24FN3O3/c22-17-5-3-16(4-6-17)18-7-8-20(26)25(23-18)14-15-9-11-24(12-10-15)21(27)19-2-1-13-28-19/h3-8,15,19H,1-2,9-14H2. The topological polar surface area (TPSA) is 64.4 Å². The number of benzene rings is 1. The summed E-state index contributed by atoms with van der Waals surface area (Å²) in [5.41, 5.74) is 1.27. The van der Waals surface area contributed by atoms with E-state index in [1.165, 1.54) is 22.9 Å². The smallest absolute Gasteiger partial charge is 0.266 e. The fourth-order valence-electron chi connectivity index (χ4n) is 3.91. The molecule has 1 amide bonds. The molecule has 0 saturated carbocycles. The fraction of sp³-hybridized carbons (Fsp3) is 0.476. The number of likely N-dealkylation sites (tertiary alicyclic amines) is 1. The highest BCUT2D eigenvalue weighted by Gasteiger charge is 2.31. The van der Waals surface area contributed by atoms with Crippen LogP contribution in [0.1, 0.15) is 25.7 Å². The Balaban J connectivity index is 1.39. The minimum atomic E-state index is -0.304. The second kappa shape index (κ2) is 8.22. The Kier molecular flexibility index (Phi) is 5.52. The van der Waals surface area contributed by atoms with Gasteiger partial charge in [-0.25, -0.2) is 9.07 Å². The maximum atomic E-state index is 13.1. The van der Waals surface area contributed by atoms with Crippen molar-refractivity contribution in [2.75, 3.05) is 19.7 Å². The average molecular weight is 385 g/mol. The highest BCUT2D eigenvalue weighted by Crippen LogP contribution is 2.22. The first-order valence-electron chi connectivity index (χ1n) is 9.84. The lowest BCUT2D eigenvalue weighted by Crippen LogP contribution is -2.44. The van der Waals surface area contributed by atoms with Gasteiger partial charge in [-0.2, -0.15) is 5.10 Å². The van der Waals surface area contributed by atoms with E-state index in [1.54, 1.807) is 18.2 Å². The first kappa shape index (κ1) is 18.8. The van der Waals surface area contributed by atoms with Crippen LogP contribution in [0.2, 0.25) is 0 Å². The predicted octanol–water partition coefficient (Wildman–Crippen LogP) is 2.47. The van der Waals surface area contributed by atoms with Crippen molar-refractivity contribution in [2.45, 2.75) is 38.3 Å². The molecule has 0 aliphatic carbocycles. The van der Waals surface area contributed by atoms with Crippen molar-refractivity contribution in [3.05, 3.63) is 52.6 Å². The minimum Gasteiger partial charge on any atom is -0.368 e. The monoisotopic (exact) mass is 385 g/mol. The number of amides is 1. The molecule has 148 valence electrons. The van der Waals surface area contributed by atoms with E-state index < -0.39 is 0 Å². The zero-order valence-corrected chi connectivity index (χ0v) is 15.7. The summed E-state index contributed by atoms with van der Waals surface area (Å²) in [5.74, 6) is 0.0909. The number of hydrogen-bond donors (Lipinski definition) is 0. The molecule has 2 aromatic rings. The molecule has 2 fully saturated rings. The highest BCUT2D eigenvalue weighted by molar-refractivity contribution is 5.81. The first-order valence-corrected chi connectivity index (χ1v) is 9.84. The molecule has 0 bridgehead atoms. The van der Waals surface area contributed by atoms with Crippen molar-refractivity contribution in [3.63, 3.8) is 0 Å². The molecule has 4 rings (SSSR count). The van der Waals surface area contributed by atoms with Crippen molar-refractivity contribution in [3.8, 4) is 11.3 Å². The Morgan fingerprint density at radius 2 is 1.86 bits per heavy atom. The molecule has 1 unspecified atom stereocenters. The normalized spacial score (nSPS) is 20.5. The zero-order valence-electron chi connectivity index (χ0n) is 15.7.